The number of nitrogens with zero attached hydrogens (tertiary/aromatic N) is 3. The summed E-state index contributed by atoms with van der Waals surface area (Å²) in [4.78, 5) is 4.11. The summed E-state index contributed by atoms with van der Waals surface area (Å²) in [5, 5.41) is 9.27. The molecule has 114 valence electrons. The van der Waals surface area contributed by atoms with E-state index in [-0.39, 0.29) is 18.0 Å². The van der Waals surface area contributed by atoms with Crippen molar-refractivity contribution in [1.29, 1.82) is 0 Å². The number of aryl methyl sites for hydroxylation is 1. The molecule has 0 bridgehead atoms. The van der Waals surface area contributed by atoms with Gasteiger partial charge in [0.05, 0.1) is 6.61 Å². The Hall–Kier alpha value is -1.70. The van der Waals surface area contributed by atoms with Crippen LogP contribution < -0.4 is 0 Å². The predicted molar refractivity (Wildman–Crippen MR) is 78.9 cm³/mol. The van der Waals surface area contributed by atoms with Gasteiger partial charge in [-0.05, 0) is 30.7 Å². The molecule has 6 nitrogen and oxygen atoms in total. The molecule has 0 unspecified atom stereocenters. The van der Waals surface area contributed by atoms with Crippen LogP contribution in [0.25, 0.3) is 0 Å². The molecule has 0 radical (unpaired) electrons. The fourth-order valence-electron chi connectivity index (χ4n) is 2.10. The Morgan fingerprint density at radius 2 is 2.00 bits per heavy atom. The summed E-state index contributed by atoms with van der Waals surface area (Å²) in [5.74, 6) is 0. The van der Waals surface area contributed by atoms with E-state index in [4.69, 9.17) is 0 Å². The van der Waals surface area contributed by atoms with Crippen molar-refractivity contribution in [3.05, 3.63) is 48.0 Å². The van der Waals surface area contributed by atoms with Gasteiger partial charge in [0, 0.05) is 44.4 Å². The molecule has 0 aromatic carbocycles. The second-order valence-corrected chi connectivity index (χ2v) is 6.77. The molecular formula is C14H19N3O3S. The molecule has 2 heterocycles. The minimum atomic E-state index is -3.58. The Bertz CT molecular complexity index is 674. The smallest absolute Gasteiger partial charge is 0.244 e. The van der Waals surface area contributed by atoms with Crippen LogP contribution in [0.1, 0.15) is 18.2 Å². The largest absolute Gasteiger partial charge is 0.390 e. The summed E-state index contributed by atoms with van der Waals surface area (Å²) < 4.78 is 28.1. The maximum Gasteiger partial charge on any atom is 0.244 e. The fraction of sp³-hybridized carbons (Fsp3) is 0.357. The molecule has 0 aliphatic heterocycles. The van der Waals surface area contributed by atoms with Crippen LogP contribution in [0.5, 0.6) is 0 Å². The van der Waals surface area contributed by atoms with Gasteiger partial charge in [0.2, 0.25) is 10.0 Å². The lowest BCUT2D eigenvalue weighted by atomic mass is 10.3. The van der Waals surface area contributed by atoms with Gasteiger partial charge in [-0.25, -0.2) is 8.42 Å². The van der Waals surface area contributed by atoms with Crippen LogP contribution in [-0.2, 0) is 29.7 Å². The molecule has 0 fully saturated rings. The van der Waals surface area contributed by atoms with E-state index in [0.717, 1.165) is 5.56 Å². The Kier molecular flexibility index (Phi) is 4.76. The van der Waals surface area contributed by atoms with E-state index in [9.17, 15) is 13.5 Å². The molecule has 0 atom stereocenters. The Morgan fingerprint density at radius 3 is 2.52 bits per heavy atom. The predicted octanol–water partition coefficient (Wildman–Crippen LogP) is 1.22. The summed E-state index contributed by atoms with van der Waals surface area (Å²) in [5.41, 5.74) is 1.46. The third kappa shape index (κ3) is 3.31. The molecule has 2 rings (SSSR count). The molecule has 2 aromatic heterocycles. The van der Waals surface area contributed by atoms with Crippen LogP contribution in [0.3, 0.4) is 0 Å². The fourth-order valence-corrected chi connectivity index (χ4v) is 3.33. The zero-order chi connectivity index (χ0) is 15.5. The molecule has 0 saturated carbocycles. The number of aliphatic hydroxyl groups is 1. The number of pyridine rings is 1. The molecule has 0 saturated heterocycles. The second kappa shape index (κ2) is 6.38. The van der Waals surface area contributed by atoms with Gasteiger partial charge < -0.3 is 9.67 Å². The van der Waals surface area contributed by atoms with Crippen LogP contribution in [-0.4, -0.2) is 34.4 Å². The molecule has 1 N–H and O–H groups in total. The molecule has 0 amide bonds. The minimum absolute atomic E-state index is 0.183. The van der Waals surface area contributed by atoms with Gasteiger partial charge in [-0.15, -0.1) is 0 Å². The Morgan fingerprint density at radius 1 is 1.33 bits per heavy atom. The van der Waals surface area contributed by atoms with Crippen molar-refractivity contribution in [2.45, 2.75) is 31.5 Å². The lowest BCUT2D eigenvalue weighted by Gasteiger charge is -2.16. The van der Waals surface area contributed by atoms with Gasteiger partial charge in [0.1, 0.15) is 4.90 Å². The first kappa shape index (κ1) is 15.7. The van der Waals surface area contributed by atoms with Crippen LogP contribution in [0.4, 0.5) is 0 Å². The van der Waals surface area contributed by atoms with Gasteiger partial charge in [0.15, 0.2) is 0 Å². The number of rotatable bonds is 6. The lowest BCUT2D eigenvalue weighted by molar-refractivity contribution is 0.271. The average molecular weight is 309 g/mol. The van der Waals surface area contributed by atoms with Gasteiger partial charge in [-0.3, -0.25) is 4.98 Å². The highest BCUT2D eigenvalue weighted by Crippen LogP contribution is 2.20. The van der Waals surface area contributed by atoms with Crippen molar-refractivity contribution in [2.24, 2.45) is 0 Å². The van der Waals surface area contributed by atoms with E-state index in [1.807, 2.05) is 6.92 Å². The van der Waals surface area contributed by atoms with Gasteiger partial charge in [-0.1, -0.05) is 0 Å². The number of aliphatic hydroxyl groups excluding tert-OH is 1. The van der Waals surface area contributed by atoms with E-state index < -0.39 is 10.0 Å². The first-order valence-corrected chi connectivity index (χ1v) is 8.08. The van der Waals surface area contributed by atoms with Crippen LogP contribution >= 0.6 is 0 Å². The minimum Gasteiger partial charge on any atom is -0.390 e. The van der Waals surface area contributed by atoms with Crippen molar-refractivity contribution in [1.82, 2.24) is 13.9 Å². The maximum atomic E-state index is 12.5. The number of aromatic nitrogens is 2. The highest BCUT2D eigenvalue weighted by molar-refractivity contribution is 7.89. The van der Waals surface area contributed by atoms with E-state index in [0.29, 0.717) is 12.2 Å². The van der Waals surface area contributed by atoms with E-state index in [1.165, 1.54) is 17.4 Å². The maximum absolute atomic E-state index is 12.5. The molecule has 0 aliphatic rings. The number of sulfonamides is 1. The molecule has 0 spiro atoms. The SMILES string of the molecule is CCn1cc(S(=O)(=O)N(C)Cc2ccncc2)cc1CO. The molecule has 7 heteroatoms. The first-order chi connectivity index (χ1) is 9.98. The summed E-state index contributed by atoms with van der Waals surface area (Å²) in [6.45, 7) is 2.60. The highest BCUT2D eigenvalue weighted by atomic mass is 32.2. The normalized spacial score (nSPS) is 12.0. The molecule has 0 aliphatic carbocycles. The zero-order valence-electron chi connectivity index (χ0n) is 12.1. The van der Waals surface area contributed by atoms with Crippen molar-refractivity contribution in [3.8, 4) is 0 Å². The van der Waals surface area contributed by atoms with Crippen molar-refractivity contribution in [2.75, 3.05) is 7.05 Å². The second-order valence-electron chi connectivity index (χ2n) is 4.73. The summed E-state index contributed by atoms with van der Waals surface area (Å²) in [6.07, 6.45) is 4.82. The Labute approximate surface area is 124 Å². The lowest BCUT2D eigenvalue weighted by Crippen LogP contribution is -2.26. The topological polar surface area (TPSA) is 75.4 Å². The van der Waals surface area contributed by atoms with Crippen LogP contribution in [0, 0.1) is 0 Å². The van der Waals surface area contributed by atoms with Crippen molar-refractivity contribution < 1.29 is 13.5 Å². The van der Waals surface area contributed by atoms with Gasteiger partial charge in [-0.2, -0.15) is 4.31 Å². The third-order valence-electron chi connectivity index (χ3n) is 3.33. The van der Waals surface area contributed by atoms with E-state index in [1.54, 1.807) is 35.3 Å². The summed E-state index contributed by atoms with van der Waals surface area (Å²) >= 11 is 0. The molecular weight excluding hydrogens is 290 g/mol. The number of hydrogen-bond donors (Lipinski definition) is 1. The first-order valence-electron chi connectivity index (χ1n) is 6.64. The summed E-state index contributed by atoms with van der Waals surface area (Å²) in [6, 6.07) is 5.08. The zero-order valence-corrected chi connectivity index (χ0v) is 12.9. The van der Waals surface area contributed by atoms with Crippen LogP contribution in [0.2, 0.25) is 0 Å². The van der Waals surface area contributed by atoms with Crippen molar-refractivity contribution >= 4 is 10.0 Å². The number of hydrogen-bond acceptors (Lipinski definition) is 4. The molecule has 21 heavy (non-hydrogen) atoms. The van der Waals surface area contributed by atoms with E-state index >= 15 is 0 Å². The van der Waals surface area contributed by atoms with Crippen molar-refractivity contribution in [3.63, 3.8) is 0 Å². The standard InChI is InChI=1S/C14H19N3O3S/c1-3-17-10-14(8-13(17)11-18)21(19,20)16(2)9-12-4-6-15-7-5-12/h4-8,10,18H,3,9,11H2,1-2H3. The Balaban J connectivity index is 2.26. The summed E-state index contributed by atoms with van der Waals surface area (Å²) in [7, 11) is -2.04. The molecule has 2 aromatic rings. The van der Waals surface area contributed by atoms with Gasteiger partial charge >= 0.3 is 0 Å². The van der Waals surface area contributed by atoms with E-state index in [2.05, 4.69) is 4.98 Å². The monoisotopic (exact) mass is 309 g/mol. The third-order valence-corrected chi connectivity index (χ3v) is 5.10. The quantitative estimate of drug-likeness (QED) is 0.870. The van der Waals surface area contributed by atoms with Gasteiger partial charge in [0.25, 0.3) is 0 Å². The average Bonchev–Trinajstić information content (AvgIpc) is 2.92. The van der Waals surface area contributed by atoms with Crippen LogP contribution in [0.15, 0.2) is 41.7 Å². The highest BCUT2D eigenvalue weighted by Gasteiger charge is 2.23.